The van der Waals surface area contributed by atoms with Crippen LogP contribution in [0.4, 0.5) is 0 Å². The summed E-state index contributed by atoms with van der Waals surface area (Å²) < 4.78 is 0. The smallest absolute Gasteiger partial charge is 0.303 e. The average molecular weight is 293 g/mol. The summed E-state index contributed by atoms with van der Waals surface area (Å²) >= 11 is 0. The van der Waals surface area contributed by atoms with Gasteiger partial charge in [-0.2, -0.15) is 0 Å². The van der Waals surface area contributed by atoms with Gasteiger partial charge >= 0.3 is 5.97 Å². The van der Waals surface area contributed by atoms with Crippen LogP contribution in [-0.4, -0.2) is 33.9 Å². The second-order valence-corrected chi connectivity index (χ2v) is 4.74. The molecule has 0 aromatic heterocycles. The Hall–Kier alpha value is -2.08. The maximum Gasteiger partial charge on any atom is 0.303 e. The fraction of sp³-hybridized carbons (Fsp3) is 0.500. The molecule has 0 spiro atoms. The number of aliphatic carboxylic acids is 1. The molecule has 0 saturated carbocycles. The summed E-state index contributed by atoms with van der Waals surface area (Å²) in [7, 11) is 0. The zero-order valence-corrected chi connectivity index (χ0v) is 11.6. The van der Waals surface area contributed by atoms with Crippen LogP contribution < -0.4 is 0 Å². The highest BCUT2D eigenvalue weighted by Gasteiger charge is 2.17. The van der Waals surface area contributed by atoms with Crippen LogP contribution >= 0.6 is 0 Å². The highest BCUT2D eigenvalue weighted by molar-refractivity contribution is 5.66. The van der Waals surface area contributed by atoms with Crippen LogP contribution in [0.15, 0.2) is 29.4 Å². The number of carbonyl (C=O) groups is 1. The van der Waals surface area contributed by atoms with Gasteiger partial charge in [0.15, 0.2) is 0 Å². The fourth-order valence-electron chi connectivity index (χ4n) is 1.94. The number of carboxylic acids is 1. The van der Waals surface area contributed by atoms with E-state index in [0.717, 1.165) is 5.56 Å². The number of azide groups is 1. The van der Waals surface area contributed by atoms with E-state index in [1.54, 1.807) is 24.3 Å². The van der Waals surface area contributed by atoms with E-state index in [2.05, 4.69) is 10.0 Å². The van der Waals surface area contributed by atoms with E-state index in [1.807, 2.05) is 0 Å². The van der Waals surface area contributed by atoms with E-state index in [-0.39, 0.29) is 19.4 Å². The predicted molar refractivity (Wildman–Crippen MR) is 76.6 cm³/mol. The monoisotopic (exact) mass is 293 g/mol. The summed E-state index contributed by atoms with van der Waals surface area (Å²) in [6, 6.07) is 7.02. The molecule has 1 rings (SSSR count). The van der Waals surface area contributed by atoms with Gasteiger partial charge in [0, 0.05) is 17.9 Å². The summed E-state index contributed by atoms with van der Waals surface area (Å²) in [5, 5.41) is 31.6. The Kier molecular flexibility index (Phi) is 7.25. The van der Waals surface area contributed by atoms with Crippen molar-refractivity contribution in [1.82, 2.24) is 0 Å². The largest absolute Gasteiger partial charge is 0.481 e. The molecule has 0 aliphatic carbocycles. The Bertz CT molecular complexity index is 497. The molecule has 7 heteroatoms. The standard InChI is InChI=1S/C14H19N3O4/c15-17-16-9-8-12(18)14(21)11-6-4-10(5-7-11)2-1-3-13(19)20/h4-7,12,14,18,21H,1-3,8-9H2,(H,19,20). The average Bonchev–Trinajstić information content (AvgIpc) is 2.47. The van der Waals surface area contributed by atoms with E-state index in [1.165, 1.54) is 0 Å². The molecule has 2 unspecified atom stereocenters. The third-order valence-electron chi connectivity index (χ3n) is 3.13. The molecule has 0 bridgehead atoms. The minimum atomic E-state index is -1.04. The van der Waals surface area contributed by atoms with E-state index in [9.17, 15) is 15.0 Å². The molecule has 0 heterocycles. The van der Waals surface area contributed by atoms with E-state index >= 15 is 0 Å². The maximum absolute atomic E-state index is 10.4. The number of hydrogen-bond donors (Lipinski definition) is 3. The van der Waals surface area contributed by atoms with Gasteiger partial charge < -0.3 is 15.3 Å². The van der Waals surface area contributed by atoms with Crippen molar-refractivity contribution in [2.24, 2.45) is 5.11 Å². The second-order valence-electron chi connectivity index (χ2n) is 4.74. The van der Waals surface area contributed by atoms with Crippen LogP contribution in [0, 0.1) is 0 Å². The zero-order chi connectivity index (χ0) is 15.7. The molecule has 0 amide bonds. The maximum atomic E-state index is 10.4. The lowest BCUT2D eigenvalue weighted by Crippen LogP contribution is -2.19. The van der Waals surface area contributed by atoms with Crippen molar-refractivity contribution >= 4 is 5.97 Å². The number of carboxylic acid groups (broad SMARTS) is 1. The first kappa shape index (κ1) is 17.0. The quantitative estimate of drug-likeness (QED) is 0.366. The molecule has 0 aliphatic rings. The van der Waals surface area contributed by atoms with Crippen LogP contribution in [0.25, 0.3) is 10.4 Å². The van der Waals surface area contributed by atoms with Crippen LogP contribution in [-0.2, 0) is 11.2 Å². The normalized spacial score (nSPS) is 13.2. The van der Waals surface area contributed by atoms with E-state index < -0.39 is 18.2 Å². The van der Waals surface area contributed by atoms with Gasteiger partial charge in [0.05, 0.1) is 6.10 Å². The number of benzene rings is 1. The predicted octanol–water partition coefficient (Wildman–Crippen LogP) is 2.19. The van der Waals surface area contributed by atoms with E-state index in [0.29, 0.717) is 18.4 Å². The highest BCUT2D eigenvalue weighted by Crippen LogP contribution is 2.20. The molecule has 0 saturated heterocycles. The minimum absolute atomic E-state index is 0.127. The molecular weight excluding hydrogens is 274 g/mol. The second kappa shape index (κ2) is 8.97. The molecule has 1 aromatic rings. The van der Waals surface area contributed by atoms with Crippen LogP contribution in [0.2, 0.25) is 0 Å². The Morgan fingerprint density at radius 1 is 1.29 bits per heavy atom. The number of rotatable bonds is 9. The van der Waals surface area contributed by atoms with Gasteiger partial charge in [-0.25, -0.2) is 0 Å². The van der Waals surface area contributed by atoms with Gasteiger partial charge in [0.2, 0.25) is 0 Å². The minimum Gasteiger partial charge on any atom is -0.481 e. The molecule has 2 atom stereocenters. The van der Waals surface area contributed by atoms with Gasteiger partial charge in [-0.05, 0) is 35.9 Å². The highest BCUT2D eigenvalue weighted by atomic mass is 16.4. The molecule has 21 heavy (non-hydrogen) atoms. The van der Waals surface area contributed by atoms with Gasteiger partial charge in [0.25, 0.3) is 0 Å². The third-order valence-corrected chi connectivity index (χ3v) is 3.13. The molecular formula is C14H19N3O4. The first-order valence-electron chi connectivity index (χ1n) is 6.72. The van der Waals surface area contributed by atoms with Crippen LogP contribution in [0.1, 0.15) is 36.5 Å². The van der Waals surface area contributed by atoms with Crippen molar-refractivity contribution in [3.05, 3.63) is 45.8 Å². The van der Waals surface area contributed by atoms with Crippen molar-refractivity contribution in [3.8, 4) is 0 Å². The first-order valence-corrected chi connectivity index (χ1v) is 6.72. The van der Waals surface area contributed by atoms with Gasteiger partial charge in [0.1, 0.15) is 6.10 Å². The summed E-state index contributed by atoms with van der Waals surface area (Å²) in [6.45, 7) is 0.127. The SMILES string of the molecule is [N-]=[N+]=NCCC(O)C(O)c1ccc(CCCC(=O)O)cc1. The molecule has 0 fully saturated rings. The van der Waals surface area contributed by atoms with Crippen LogP contribution in [0.5, 0.6) is 0 Å². The third kappa shape index (κ3) is 6.27. The van der Waals surface area contributed by atoms with Crippen molar-refractivity contribution in [2.75, 3.05) is 6.54 Å². The molecule has 7 nitrogen and oxygen atoms in total. The number of nitrogens with zero attached hydrogens (tertiary/aromatic N) is 3. The van der Waals surface area contributed by atoms with Crippen molar-refractivity contribution in [1.29, 1.82) is 0 Å². The topological polar surface area (TPSA) is 127 Å². The molecule has 114 valence electrons. The first-order chi connectivity index (χ1) is 10.0. The van der Waals surface area contributed by atoms with Crippen LogP contribution in [0.3, 0.4) is 0 Å². The lowest BCUT2D eigenvalue weighted by molar-refractivity contribution is -0.137. The van der Waals surface area contributed by atoms with Crippen molar-refractivity contribution in [3.63, 3.8) is 0 Å². The van der Waals surface area contributed by atoms with Crippen molar-refractivity contribution < 1.29 is 20.1 Å². The molecule has 1 aromatic carbocycles. The number of aryl methyl sites for hydroxylation is 1. The Morgan fingerprint density at radius 3 is 2.52 bits per heavy atom. The summed E-state index contributed by atoms with van der Waals surface area (Å²) in [6.07, 6.45) is -0.497. The molecule has 0 aliphatic heterocycles. The fourth-order valence-corrected chi connectivity index (χ4v) is 1.94. The Labute approximate surface area is 122 Å². The summed E-state index contributed by atoms with van der Waals surface area (Å²) in [5.74, 6) is -0.815. The molecule has 3 N–H and O–H groups in total. The molecule has 0 radical (unpaired) electrons. The number of aliphatic hydroxyl groups excluding tert-OH is 2. The van der Waals surface area contributed by atoms with E-state index in [4.69, 9.17) is 10.6 Å². The zero-order valence-electron chi connectivity index (χ0n) is 11.6. The number of aliphatic hydroxyl groups is 2. The Morgan fingerprint density at radius 2 is 1.95 bits per heavy atom. The van der Waals surface area contributed by atoms with Gasteiger partial charge in [-0.3, -0.25) is 4.79 Å². The lowest BCUT2D eigenvalue weighted by Gasteiger charge is -2.17. The lowest BCUT2D eigenvalue weighted by atomic mass is 9.99. The van der Waals surface area contributed by atoms with Crippen molar-refractivity contribution in [2.45, 2.75) is 37.9 Å². The summed E-state index contributed by atoms with van der Waals surface area (Å²) in [4.78, 5) is 13.0. The summed E-state index contributed by atoms with van der Waals surface area (Å²) in [5.41, 5.74) is 9.70. The van der Waals surface area contributed by atoms with Gasteiger partial charge in [-0.1, -0.05) is 29.4 Å². The number of hydrogen-bond acceptors (Lipinski definition) is 4. The Balaban J connectivity index is 2.51. The van der Waals surface area contributed by atoms with Gasteiger partial charge in [-0.15, -0.1) is 0 Å².